The SMILES string of the molecule is N#Cc1ccc(NCc2cc(F)ccc2F)cc1Br. The quantitative estimate of drug-likeness (QED) is 0.918. The molecule has 0 bridgehead atoms. The molecule has 0 spiro atoms. The van der Waals surface area contributed by atoms with Gasteiger partial charge in [-0.25, -0.2) is 8.78 Å². The van der Waals surface area contributed by atoms with Gasteiger partial charge in [0.1, 0.15) is 17.7 Å². The summed E-state index contributed by atoms with van der Waals surface area (Å²) in [5.74, 6) is -0.930. The van der Waals surface area contributed by atoms with Crippen LogP contribution < -0.4 is 5.32 Å². The van der Waals surface area contributed by atoms with Crippen molar-refractivity contribution >= 4 is 21.6 Å². The number of halogens is 3. The highest BCUT2D eigenvalue weighted by atomic mass is 79.9. The zero-order valence-electron chi connectivity index (χ0n) is 9.75. The second kappa shape index (κ2) is 5.81. The fraction of sp³-hybridized carbons (Fsp3) is 0.0714. The monoisotopic (exact) mass is 322 g/mol. The highest BCUT2D eigenvalue weighted by Crippen LogP contribution is 2.21. The van der Waals surface area contributed by atoms with E-state index in [1.807, 2.05) is 6.07 Å². The molecule has 1 N–H and O–H groups in total. The molecule has 2 aromatic rings. The van der Waals surface area contributed by atoms with E-state index in [1.165, 1.54) is 0 Å². The first-order chi connectivity index (χ1) is 9.10. The largest absolute Gasteiger partial charge is 0.381 e. The molecule has 19 heavy (non-hydrogen) atoms. The fourth-order valence-corrected chi connectivity index (χ4v) is 2.06. The van der Waals surface area contributed by atoms with Crippen molar-refractivity contribution < 1.29 is 8.78 Å². The van der Waals surface area contributed by atoms with Crippen molar-refractivity contribution in [3.63, 3.8) is 0 Å². The third-order valence-corrected chi connectivity index (χ3v) is 3.24. The standard InChI is InChI=1S/C14H9BrF2N2/c15-13-6-12(3-1-9(13)7-18)19-8-10-5-11(16)2-4-14(10)17/h1-6,19H,8H2. The van der Waals surface area contributed by atoms with Gasteiger partial charge in [-0.3, -0.25) is 0 Å². The minimum absolute atomic E-state index is 0.169. The van der Waals surface area contributed by atoms with Gasteiger partial charge in [0.15, 0.2) is 0 Å². The van der Waals surface area contributed by atoms with E-state index in [0.29, 0.717) is 10.0 Å². The summed E-state index contributed by atoms with van der Waals surface area (Å²) in [4.78, 5) is 0. The molecule has 0 atom stereocenters. The number of benzene rings is 2. The lowest BCUT2D eigenvalue weighted by Crippen LogP contribution is -2.02. The minimum Gasteiger partial charge on any atom is -0.381 e. The summed E-state index contributed by atoms with van der Waals surface area (Å²) in [5.41, 5.74) is 1.48. The third kappa shape index (κ3) is 3.30. The zero-order chi connectivity index (χ0) is 13.8. The first kappa shape index (κ1) is 13.5. The van der Waals surface area contributed by atoms with Crippen LogP contribution in [-0.2, 0) is 6.54 Å². The third-order valence-electron chi connectivity index (χ3n) is 2.58. The van der Waals surface area contributed by atoms with Crippen LogP contribution in [0.25, 0.3) is 0 Å². The molecule has 0 aliphatic carbocycles. The lowest BCUT2D eigenvalue weighted by molar-refractivity contribution is 0.587. The van der Waals surface area contributed by atoms with Gasteiger partial charge in [0.25, 0.3) is 0 Å². The molecule has 0 saturated carbocycles. The molecule has 0 aliphatic rings. The van der Waals surface area contributed by atoms with E-state index in [0.717, 1.165) is 23.9 Å². The Balaban J connectivity index is 2.13. The number of nitrogens with zero attached hydrogens (tertiary/aromatic N) is 1. The molecule has 0 heterocycles. The van der Waals surface area contributed by atoms with Crippen LogP contribution in [0.15, 0.2) is 40.9 Å². The average molecular weight is 323 g/mol. The zero-order valence-corrected chi connectivity index (χ0v) is 11.3. The molecule has 0 saturated heterocycles. The minimum atomic E-state index is -0.473. The van der Waals surface area contributed by atoms with Crippen LogP contribution in [0.3, 0.4) is 0 Å². The Kier molecular flexibility index (Phi) is 4.13. The van der Waals surface area contributed by atoms with Gasteiger partial charge in [-0.2, -0.15) is 5.26 Å². The van der Waals surface area contributed by atoms with Gasteiger partial charge in [0, 0.05) is 22.3 Å². The van der Waals surface area contributed by atoms with Crippen molar-refractivity contribution in [3.05, 3.63) is 63.6 Å². The maximum Gasteiger partial charge on any atom is 0.128 e. The van der Waals surface area contributed by atoms with Crippen LogP contribution in [0.1, 0.15) is 11.1 Å². The predicted molar refractivity (Wildman–Crippen MR) is 72.5 cm³/mol. The van der Waals surface area contributed by atoms with E-state index in [2.05, 4.69) is 21.2 Å². The molecule has 0 unspecified atom stereocenters. The highest BCUT2D eigenvalue weighted by Gasteiger charge is 2.05. The number of nitrogens with one attached hydrogen (secondary N) is 1. The molecule has 2 rings (SSSR count). The van der Waals surface area contributed by atoms with Crippen LogP contribution in [0.2, 0.25) is 0 Å². The maximum atomic E-state index is 13.4. The second-order valence-corrected chi connectivity index (χ2v) is 4.75. The summed E-state index contributed by atoms with van der Waals surface area (Å²) in [5, 5.41) is 11.8. The normalized spacial score (nSPS) is 10.0. The first-order valence-electron chi connectivity index (χ1n) is 5.47. The summed E-state index contributed by atoms with van der Waals surface area (Å²) in [6.07, 6.45) is 0. The van der Waals surface area contributed by atoms with Crippen molar-refractivity contribution in [1.82, 2.24) is 0 Å². The number of anilines is 1. The smallest absolute Gasteiger partial charge is 0.128 e. The topological polar surface area (TPSA) is 35.8 Å². The summed E-state index contributed by atoms with van der Waals surface area (Å²) in [7, 11) is 0. The molecular formula is C14H9BrF2N2. The van der Waals surface area contributed by atoms with Crippen LogP contribution in [-0.4, -0.2) is 0 Å². The van der Waals surface area contributed by atoms with Crippen LogP contribution in [0, 0.1) is 23.0 Å². The van der Waals surface area contributed by atoms with Crippen LogP contribution >= 0.6 is 15.9 Å². The van der Waals surface area contributed by atoms with E-state index >= 15 is 0 Å². The van der Waals surface area contributed by atoms with Crippen molar-refractivity contribution in [2.75, 3.05) is 5.32 Å². The molecule has 2 aromatic carbocycles. The number of nitriles is 1. The Morgan fingerprint density at radius 1 is 1.16 bits per heavy atom. The first-order valence-corrected chi connectivity index (χ1v) is 6.27. The van der Waals surface area contributed by atoms with Crippen molar-refractivity contribution in [1.29, 1.82) is 5.26 Å². The average Bonchev–Trinajstić information content (AvgIpc) is 2.40. The molecule has 2 nitrogen and oxygen atoms in total. The lowest BCUT2D eigenvalue weighted by Gasteiger charge is -2.08. The van der Waals surface area contributed by atoms with Crippen molar-refractivity contribution in [3.8, 4) is 6.07 Å². The van der Waals surface area contributed by atoms with Crippen LogP contribution in [0.4, 0.5) is 14.5 Å². The Morgan fingerprint density at radius 3 is 2.63 bits per heavy atom. The van der Waals surface area contributed by atoms with Gasteiger partial charge in [-0.15, -0.1) is 0 Å². The summed E-state index contributed by atoms with van der Waals surface area (Å²) in [6.45, 7) is 0.169. The number of rotatable bonds is 3. The van der Waals surface area contributed by atoms with Gasteiger partial charge in [-0.05, 0) is 52.3 Å². The van der Waals surface area contributed by atoms with Gasteiger partial charge in [0.05, 0.1) is 5.56 Å². The summed E-state index contributed by atoms with van der Waals surface area (Å²) >= 11 is 3.26. The number of hydrogen-bond acceptors (Lipinski definition) is 2. The van der Waals surface area contributed by atoms with E-state index in [1.54, 1.807) is 18.2 Å². The van der Waals surface area contributed by atoms with Crippen molar-refractivity contribution in [2.24, 2.45) is 0 Å². The number of hydrogen-bond donors (Lipinski definition) is 1. The molecule has 0 aliphatic heterocycles. The molecule has 0 aromatic heterocycles. The van der Waals surface area contributed by atoms with E-state index in [9.17, 15) is 8.78 Å². The van der Waals surface area contributed by atoms with Crippen LogP contribution in [0.5, 0.6) is 0 Å². The molecule has 0 fully saturated rings. The molecule has 5 heteroatoms. The summed E-state index contributed by atoms with van der Waals surface area (Å²) < 4.78 is 27.1. The second-order valence-electron chi connectivity index (χ2n) is 3.90. The Hall–Kier alpha value is -1.93. The lowest BCUT2D eigenvalue weighted by atomic mass is 10.2. The van der Waals surface area contributed by atoms with E-state index < -0.39 is 11.6 Å². The fourth-order valence-electron chi connectivity index (χ4n) is 1.59. The predicted octanol–water partition coefficient (Wildman–Crippen LogP) is 4.21. The van der Waals surface area contributed by atoms with Gasteiger partial charge in [0.2, 0.25) is 0 Å². The van der Waals surface area contributed by atoms with Gasteiger partial charge in [-0.1, -0.05) is 0 Å². The van der Waals surface area contributed by atoms with Gasteiger partial charge >= 0.3 is 0 Å². The van der Waals surface area contributed by atoms with E-state index in [-0.39, 0.29) is 12.1 Å². The Bertz CT molecular complexity index is 650. The summed E-state index contributed by atoms with van der Waals surface area (Å²) in [6, 6.07) is 10.4. The Morgan fingerprint density at radius 2 is 1.95 bits per heavy atom. The molecular weight excluding hydrogens is 314 g/mol. The van der Waals surface area contributed by atoms with E-state index in [4.69, 9.17) is 5.26 Å². The highest BCUT2D eigenvalue weighted by molar-refractivity contribution is 9.10. The molecule has 0 amide bonds. The van der Waals surface area contributed by atoms with Gasteiger partial charge < -0.3 is 5.32 Å². The maximum absolute atomic E-state index is 13.4. The Labute approximate surface area is 117 Å². The molecule has 0 radical (unpaired) electrons. The molecule has 96 valence electrons. The van der Waals surface area contributed by atoms with Crippen molar-refractivity contribution in [2.45, 2.75) is 6.54 Å².